The zero-order valence-electron chi connectivity index (χ0n) is 10.3. The number of allylic oxidation sites excluding steroid dienone is 1. The van der Waals surface area contributed by atoms with E-state index >= 15 is 0 Å². The van der Waals surface area contributed by atoms with Gasteiger partial charge in [0.2, 0.25) is 11.8 Å². The Kier molecular flexibility index (Phi) is 2.73. The molecule has 3 rings (SSSR count). The van der Waals surface area contributed by atoms with E-state index in [9.17, 15) is 9.59 Å². The summed E-state index contributed by atoms with van der Waals surface area (Å²) in [5, 5.41) is 12.5. The van der Waals surface area contributed by atoms with Gasteiger partial charge in [0.15, 0.2) is 5.82 Å². The van der Waals surface area contributed by atoms with Crippen LogP contribution in [0.4, 0.5) is 5.82 Å². The van der Waals surface area contributed by atoms with Crippen molar-refractivity contribution in [3.8, 4) is 0 Å². The van der Waals surface area contributed by atoms with Gasteiger partial charge in [-0.1, -0.05) is 0 Å². The van der Waals surface area contributed by atoms with E-state index in [0.717, 1.165) is 29.8 Å². The summed E-state index contributed by atoms with van der Waals surface area (Å²) in [5.74, 6) is 0.162. The summed E-state index contributed by atoms with van der Waals surface area (Å²) in [6.07, 6.45) is 4.29. The van der Waals surface area contributed by atoms with Gasteiger partial charge in [0.1, 0.15) is 6.04 Å². The van der Waals surface area contributed by atoms with E-state index in [1.54, 1.807) is 0 Å². The van der Waals surface area contributed by atoms with E-state index in [2.05, 4.69) is 20.8 Å². The second-order valence-electron chi connectivity index (χ2n) is 4.83. The lowest BCUT2D eigenvalue weighted by molar-refractivity contribution is -0.133. The van der Waals surface area contributed by atoms with Crippen molar-refractivity contribution >= 4 is 23.7 Å². The van der Waals surface area contributed by atoms with Gasteiger partial charge in [0.05, 0.1) is 5.69 Å². The number of rotatable bonds is 2. The highest BCUT2D eigenvalue weighted by Crippen LogP contribution is 2.26. The molecular formula is C12H15N5O2. The summed E-state index contributed by atoms with van der Waals surface area (Å²) in [6.45, 7) is 0. The third-order valence-corrected chi connectivity index (χ3v) is 3.44. The Morgan fingerprint density at radius 2 is 2.16 bits per heavy atom. The lowest BCUT2D eigenvalue weighted by Crippen LogP contribution is -2.47. The molecule has 1 unspecified atom stereocenters. The third kappa shape index (κ3) is 2.18. The maximum Gasteiger partial charge on any atom is 0.249 e. The maximum atomic E-state index is 11.7. The van der Waals surface area contributed by atoms with E-state index < -0.39 is 6.04 Å². The predicted molar refractivity (Wildman–Crippen MR) is 68.9 cm³/mol. The fourth-order valence-electron chi connectivity index (χ4n) is 2.39. The zero-order chi connectivity index (χ0) is 13.4. The molecule has 2 amide bonds. The molecular weight excluding hydrogens is 246 g/mol. The number of anilines is 1. The van der Waals surface area contributed by atoms with Crippen molar-refractivity contribution in [2.75, 3.05) is 5.32 Å². The number of piperidine rings is 1. The molecule has 19 heavy (non-hydrogen) atoms. The quantitative estimate of drug-likeness (QED) is 0.554. The molecule has 1 aliphatic carbocycles. The van der Waals surface area contributed by atoms with Crippen molar-refractivity contribution in [2.45, 2.75) is 31.7 Å². The van der Waals surface area contributed by atoms with Crippen LogP contribution in [-0.4, -0.2) is 28.1 Å². The average molecular weight is 261 g/mol. The predicted octanol–water partition coefficient (Wildman–Crippen LogP) is -0.127. The number of aromatic nitrogens is 2. The minimum atomic E-state index is -0.409. The van der Waals surface area contributed by atoms with E-state index in [4.69, 9.17) is 5.73 Å². The SMILES string of the molecule is NC1=Cc2[nH]nc(NC3CCC(=O)NC3=O)c2CC1. The fraction of sp³-hybridized carbons (Fsp3) is 0.417. The number of carbonyl (C=O) groups is 2. The highest BCUT2D eigenvalue weighted by molar-refractivity contribution is 6.01. The molecule has 1 aromatic rings. The van der Waals surface area contributed by atoms with Crippen molar-refractivity contribution in [3.63, 3.8) is 0 Å². The molecule has 1 saturated heterocycles. The number of fused-ring (bicyclic) bond motifs is 1. The van der Waals surface area contributed by atoms with Crippen LogP contribution < -0.4 is 16.4 Å². The van der Waals surface area contributed by atoms with Crippen LogP contribution in [0, 0.1) is 0 Å². The van der Waals surface area contributed by atoms with Crippen molar-refractivity contribution < 1.29 is 9.59 Å². The van der Waals surface area contributed by atoms with Gasteiger partial charge < -0.3 is 11.1 Å². The molecule has 0 spiro atoms. The second kappa shape index (κ2) is 4.42. The van der Waals surface area contributed by atoms with Crippen LogP contribution in [0.1, 0.15) is 30.5 Å². The molecule has 0 bridgehead atoms. The number of hydrogen-bond donors (Lipinski definition) is 4. The normalized spacial score (nSPS) is 22.5. The van der Waals surface area contributed by atoms with Crippen LogP contribution in [-0.2, 0) is 16.0 Å². The number of hydrogen-bond acceptors (Lipinski definition) is 5. The first-order valence-corrected chi connectivity index (χ1v) is 6.27. The number of imide groups is 1. The van der Waals surface area contributed by atoms with E-state index in [1.165, 1.54) is 0 Å². The number of nitrogens with two attached hydrogens (primary N) is 1. The highest BCUT2D eigenvalue weighted by Gasteiger charge is 2.28. The first-order chi connectivity index (χ1) is 9.13. The first kappa shape index (κ1) is 11.8. The number of carbonyl (C=O) groups excluding carboxylic acids is 2. The van der Waals surface area contributed by atoms with Crippen molar-refractivity contribution in [1.29, 1.82) is 0 Å². The molecule has 0 radical (unpaired) electrons. The molecule has 1 atom stereocenters. The maximum absolute atomic E-state index is 11.7. The monoisotopic (exact) mass is 261 g/mol. The molecule has 7 nitrogen and oxygen atoms in total. The van der Waals surface area contributed by atoms with Gasteiger partial charge in [-0.25, -0.2) is 0 Å². The van der Waals surface area contributed by atoms with Crippen molar-refractivity contribution in [2.24, 2.45) is 5.73 Å². The summed E-state index contributed by atoms with van der Waals surface area (Å²) < 4.78 is 0. The molecule has 7 heteroatoms. The number of nitrogens with one attached hydrogen (secondary N) is 3. The van der Waals surface area contributed by atoms with Crippen LogP contribution in [0.15, 0.2) is 5.70 Å². The fourth-order valence-corrected chi connectivity index (χ4v) is 2.39. The molecule has 100 valence electrons. The van der Waals surface area contributed by atoms with Crippen molar-refractivity contribution in [3.05, 3.63) is 17.0 Å². The Bertz CT molecular complexity index is 575. The minimum absolute atomic E-state index is 0.220. The lowest BCUT2D eigenvalue weighted by atomic mass is 10.0. The summed E-state index contributed by atoms with van der Waals surface area (Å²) in [6, 6.07) is -0.409. The number of amides is 2. The largest absolute Gasteiger partial charge is 0.402 e. The van der Waals surface area contributed by atoms with Gasteiger partial charge in [-0.15, -0.1) is 0 Å². The Morgan fingerprint density at radius 1 is 1.32 bits per heavy atom. The van der Waals surface area contributed by atoms with Crippen LogP contribution >= 0.6 is 0 Å². The number of nitrogens with zero attached hydrogens (tertiary/aromatic N) is 1. The van der Waals surface area contributed by atoms with E-state index in [-0.39, 0.29) is 11.8 Å². The lowest BCUT2D eigenvalue weighted by Gasteiger charge is -2.22. The average Bonchev–Trinajstić information content (AvgIpc) is 2.75. The summed E-state index contributed by atoms with van der Waals surface area (Å²) in [5.41, 5.74) is 8.52. The standard InChI is InChI=1S/C12H15N5O2/c13-6-1-2-7-9(5-6)16-17-11(7)14-8-3-4-10(18)15-12(8)19/h5,8H,1-4,13H2,(H2,14,16,17)(H,15,18,19). The molecule has 0 saturated carbocycles. The summed E-state index contributed by atoms with van der Waals surface area (Å²) >= 11 is 0. The number of H-pyrrole nitrogens is 1. The topological polar surface area (TPSA) is 113 Å². The Hall–Kier alpha value is -2.31. The first-order valence-electron chi connectivity index (χ1n) is 6.27. The van der Waals surface area contributed by atoms with Gasteiger partial charge in [-0.05, 0) is 25.3 Å². The Balaban J connectivity index is 1.78. The molecule has 5 N–H and O–H groups in total. The molecule has 2 aliphatic rings. The summed E-state index contributed by atoms with van der Waals surface area (Å²) in [4.78, 5) is 22.8. The van der Waals surface area contributed by atoms with E-state index in [1.807, 2.05) is 6.08 Å². The third-order valence-electron chi connectivity index (χ3n) is 3.44. The Morgan fingerprint density at radius 3 is 2.95 bits per heavy atom. The highest BCUT2D eigenvalue weighted by atomic mass is 16.2. The number of aromatic amines is 1. The van der Waals surface area contributed by atoms with Crippen LogP contribution in [0.5, 0.6) is 0 Å². The smallest absolute Gasteiger partial charge is 0.249 e. The van der Waals surface area contributed by atoms with Gasteiger partial charge in [0, 0.05) is 17.7 Å². The van der Waals surface area contributed by atoms with Crippen LogP contribution in [0.2, 0.25) is 0 Å². The Labute approximate surface area is 109 Å². The van der Waals surface area contributed by atoms with E-state index in [0.29, 0.717) is 18.7 Å². The molecule has 1 fully saturated rings. The molecule has 1 aliphatic heterocycles. The van der Waals surface area contributed by atoms with Gasteiger partial charge >= 0.3 is 0 Å². The molecule has 2 heterocycles. The van der Waals surface area contributed by atoms with Gasteiger partial charge in [0.25, 0.3) is 0 Å². The molecule has 0 aromatic carbocycles. The van der Waals surface area contributed by atoms with Gasteiger partial charge in [-0.3, -0.25) is 20.0 Å². The second-order valence-corrected chi connectivity index (χ2v) is 4.83. The van der Waals surface area contributed by atoms with Crippen LogP contribution in [0.3, 0.4) is 0 Å². The van der Waals surface area contributed by atoms with Crippen LogP contribution in [0.25, 0.3) is 6.08 Å². The zero-order valence-corrected chi connectivity index (χ0v) is 10.3. The molecule has 1 aromatic heterocycles. The minimum Gasteiger partial charge on any atom is -0.402 e. The summed E-state index contributed by atoms with van der Waals surface area (Å²) in [7, 11) is 0. The van der Waals surface area contributed by atoms with Gasteiger partial charge in [-0.2, -0.15) is 5.10 Å². The van der Waals surface area contributed by atoms with Crippen molar-refractivity contribution in [1.82, 2.24) is 15.5 Å².